The number of carbonyl (C=O) groups is 2. The second kappa shape index (κ2) is 7.84. The van der Waals surface area contributed by atoms with Crippen LogP contribution < -0.4 is 15.2 Å². The van der Waals surface area contributed by atoms with Crippen molar-refractivity contribution in [3.8, 4) is 5.75 Å². The SMILES string of the molecule is CC(C)c1ccc(OCC(=O)Nc2cc(Cl)ccc2C(=O)[O-])cc1. The van der Waals surface area contributed by atoms with Gasteiger partial charge in [0.1, 0.15) is 5.75 Å². The van der Waals surface area contributed by atoms with Crippen LogP contribution in [0.2, 0.25) is 5.02 Å². The lowest BCUT2D eigenvalue weighted by molar-refractivity contribution is -0.254. The van der Waals surface area contributed by atoms with E-state index < -0.39 is 11.9 Å². The average molecular weight is 347 g/mol. The lowest BCUT2D eigenvalue weighted by atomic mass is 10.0. The molecule has 0 aliphatic rings. The molecule has 0 aliphatic carbocycles. The van der Waals surface area contributed by atoms with E-state index in [2.05, 4.69) is 19.2 Å². The highest BCUT2D eigenvalue weighted by molar-refractivity contribution is 6.31. The predicted molar refractivity (Wildman–Crippen MR) is 90.4 cm³/mol. The number of benzene rings is 2. The quantitative estimate of drug-likeness (QED) is 0.872. The summed E-state index contributed by atoms with van der Waals surface area (Å²) in [4.78, 5) is 23.0. The van der Waals surface area contributed by atoms with Crippen LogP contribution in [0.15, 0.2) is 42.5 Å². The summed E-state index contributed by atoms with van der Waals surface area (Å²) in [5.74, 6) is -0.922. The van der Waals surface area contributed by atoms with Crippen molar-refractivity contribution in [2.24, 2.45) is 0 Å². The summed E-state index contributed by atoms with van der Waals surface area (Å²) in [5, 5.41) is 13.8. The van der Waals surface area contributed by atoms with E-state index in [1.54, 1.807) is 12.1 Å². The van der Waals surface area contributed by atoms with Gasteiger partial charge in [0.15, 0.2) is 6.61 Å². The van der Waals surface area contributed by atoms with Gasteiger partial charge in [0.2, 0.25) is 0 Å². The molecule has 0 heterocycles. The molecule has 24 heavy (non-hydrogen) atoms. The number of carboxylic acids is 1. The zero-order chi connectivity index (χ0) is 17.7. The zero-order valence-electron chi connectivity index (χ0n) is 13.3. The molecule has 0 bridgehead atoms. The first kappa shape index (κ1) is 17.8. The number of carbonyl (C=O) groups excluding carboxylic acids is 2. The summed E-state index contributed by atoms with van der Waals surface area (Å²) >= 11 is 5.82. The standard InChI is InChI=1S/C18H18ClNO4/c1-11(2)12-3-6-14(7-4-12)24-10-17(21)20-16-9-13(19)5-8-15(16)18(22)23/h3-9,11H,10H2,1-2H3,(H,20,21)(H,22,23)/p-1. The Bertz CT molecular complexity index is 741. The number of aromatic carboxylic acids is 1. The molecular weight excluding hydrogens is 330 g/mol. The van der Waals surface area contributed by atoms with Gasteiger partial charge >= 0.3 is 0 Å². The number of amides is 1. The molecule has 0 fully saturated rings. The second-order valence-corrected chi connectivity index (χ2v) is 5.97. The van der Waals surface area contributed by atoms with E-state index in [0.717, 1.165) is 0 Å². The van der Waals surface area contributed by atoms with Crippen LogP contribution in [0.4, 0.5) is 5.69 Å². The molecule has 0 saturated carbocycles. The average Bonchev–Trinajstić information content (AvgIpc) is 2.53. The molecule has 1 amide bonds. The lowest BCUT2D eigenvalue weighted by Gasteiger charge is -2.13. The molecule has 6 heteroatoms. The predicted octanol–water partition coefficient (Wildman–Crippen LogP) is 2.84. The van der Waals surface area contributed by atoms with Gasteiger partial charge < -0.3 is 20.0 Å². The summed E-state index contributed by atoms with van der Waals surface area (Å²) in [5.41, 5.74) is 1.10. The van der Waals surface area contributed by atoms with Crippen LogP contribution >= 0.6 is 11.6 Å². The first-order valence-electron chi connectivity index (χ1n) is 7.40. The van der Waals surface area contributed by atoms with Crippen molar-refractivity contribution in [1.29, 1.82) is 0 Å². The van der Waals surface area contributed by atoms with Gasteiger partial charge in [-0.3, -0.25) is 4.79 Å². The van der Waals surface area contributed by atoms with Crippen molar-refractivity contribution in [3.63, 3.8) is 0 Å². The van der Waals surface area contributed by atoms with E-state index >= 15 is 0 Å². The molecular formula is C18H17ClNO4-. The maximum atomic E-state index is 12.0. The third-order valence-corrected chi connectivity index (χ3v) is 3.63. The van der Waals surface area contributed by atoms with Crippen molar-refractivity contribution in [1.82, 2.24) is 0 Å². The van der Waals surface area contributed by atoms with Gasteiger partial charge in [-0.2, -0.15) is 0 Å². The van der Waals surface area contributed by atoms with Crippen LogP contribution in [0.25, 0.3) is 0 Å². The molecule has 126 valence electrons. The Morgan fingerprint density at radius 1 is 1.17 bits per heavy atom. The third kappa shape index (κ3) is 4.73. The Morgan fingerprint density at radius 2 is 1.83 bits per heavy atom. The first-order valence-corrected chi connectivity index (χ1v) is 7.78. The number of ether oxygens (including phenoxy) is 1. The van der Waals surface area contributed by atoms with Crippen molar-refractivity contribution >= 4 is 29.2 Å². The zero-order valence-corrected chi connectivity index (χ0v) is 14.1. The van der Waals surface area contributed by atoms with Crippen LogP contribution in [-0.2, 0) is 4.79 Å². The first-order chi connectivity index (χ1) is 11.4. The van der Waals surface area contributed by atoms with Gasteiger partial charge in [0, 0.05) is 10.6 Å². The monoisotopic (exact) mass is 346 g/mol. The third-order valence-electron chi connectivity index (χ3n) is 3.39. The Morgan fingerprint density at radius 3 is 2.42 bits per heavy atom. The summed E-state index contributed by atoms with van der Waals surface area (Å²) in [6.07, 6.45) is 0. The topological polar surface area (TPSA) is 78.5 Å². The Labute approximate surface area is 145 Å². The van der Waals surface area contributed by atoms with Gasteiger partial charge in [-0.15, -0.1) is 0 Å². The fraction of sp³-hybridized carbons (Fsp3) is 0.222. The summed E-state index contributed by atoms with van der Waals surface area (Å²) in [7, 11) is 0. The highest BCUT2D eigenvalue weighted by Crippen LogP contribution is 2.21. The molecule has 0 radical (unpaired) electrons. The van der Waals surface area contributed by atoms with Crippen molar-refractivity contribution in [2.75, 3.05) is 11.9 Å². The fourth-order valence-corrected chi connectivity index (χ4v) is 2.25. The van der Waals surface area contributed by atoms with Crippen molar-refractivity contribution in [2.45, 2.75) is 19.8 Å². The number of rotatable bonds is 6. The van der Waals surface area contributed by atoms with E-state index in [1.807, 2.05) is 12.1 Å². The van der Waals surface area contributed by atoms with E-state index in [0.29, 0.717) is 16.7 Å². The number of hydrogen-bond donors (Lipinski definition) is 1. The van der Waals surface area contributed by atoms with E-state index in [-0.39, 0.29) is 17.9 Å². The Hall–Kier alpha value is -2.53. The Kier molecular flexibility index (Phi) is 5.82. The van der Waals surface area contributed by atoms with Crippen LogP contribution in [0.1, 0.15) is 35.7 Å². The lowest BCUT2D eigenvalue weighted by Crippen LogP contribution is -2.26. The molecule has 0 aromatic heterocycles. The highest BCUT2D eigenvalue weighted by atomic mass is 35.5. The molecule has 0 saturated heterocycles. The summed E-state index contributed by atoms with van der Waals surface area (Å²) in [6.45, 7) is 3.92. The molecule has 0 spiro atoms. The van der Waals surface area contributed by atoms with Crippen molar-refractivity contribution < 1.29 is 19.4 Å². The largest absolute Gasteiger partial charge is 0.545 e. The van der Waals surface area contributed by atoms with Crippen LogP contribution in [-0.4, -0.2) is 18.5 Å². The second-order valence-electron chi connectivity index (χ2n) is 5.54. The maximum Gasteiger partial charge on any atom is 0.262 e. The van der Waals surface area contributed by atoms with E-state index in [1.165, 1.54) is 23.8 Å². The number of carboxylic acid groups (broad SMARTS) is 1. The minimum atomic E-state index is -1.40. The smallest absolute Gasteiger partial charge is 0.262 e. The maximum absolute atomic E-state index is 12.0. The number of nitrogens with one attached hydrogen (secondary N) is 1. The van der Waals surface area contributed by atoms with Crippen LogP contribution in [0.5, 0.6) is 5.75 Å². The molecule has 2 aromatic carbocycles. The van der Waals surface area contributed by atoms with E-state index in [9.17, 15) is 14.7 Å². The molecule has 0 atom stereocenters. The molecule has 0 unspecified atom stereocenters. The minimum Gasteiger partial charge on any atom is -0.545 e. The summed E-state index contributed by atoms with van der Waals surface area (Å²) in [6, 6.07) is 11.5. The van der Waals surface area contributed by atoms with Crippen LogP contribution in [0.3, 0.4) is 0 Å². The fourth-order valence-electron chi connectivity index (χ4n) is 2.08. The van der Waals surface area contributed by atoms with Gasteiger partial charge in [0.25, 0.3) is 5.91 Å². The number of halogens is 1. The molecule has 1 N–H and O–H groups in total. The Balaban J connectivity index is 1.99. The molecule has 0 aliphatic heterocycles. The van der Waals surface area contributed by atoms with E-state index in [4.69, 9.17) is 16.3 Å². The minimum absolute atomic E-state index is 0.0752. The molecule has 2 rings (SSSR count). The number of hydrogen-bond acceptors (Lipinski definition) is 4. The molecule has 2 aromatic rings. The highest BCUT2D eigenvalue weighted by Gasteiger charge is 2.10. The van der Waals surface area contributed by atoms with Gasteiger partial charge in [-0.05, 0) is 41.8 Å². The normalized spacial score (nSPS) is 10.5. The number of anilines is 1. The van der Waals surface area contributed by atoms with Crippen LogP contribution in [0, 0.1) is 0 Å². The van der Waals surface area contributed by atoms with Crippen molar-refractivity contribution in [3.05, 3.63) is 58.6 Å². The van der Waals surface area contributed by atoms with Gasteiger partial charge in [-0.25, -0.2) is 0 Å². The molecule has 5 nitrogen and oxygen atoms in total. The van der Waals surface area contributed by atoms with Gasteiger partial charge in [-0.1, -0.05) is 37.6 Å². The van der Waals surface area contributed by atoms with Gasteiger partial charge in [0.05, 0.1) is 11.7 Å². The summed E-state index contributed by atoms with van der Waals surface area (Å²) < 4.78 is 5.40.